The third-order valence-electron chi connectivity index (χ3n) is 3.87. The number of hydrogen-bond donors (Lipinski definition) is 2. The lowest BCUT2D eigenvalue weighted by molar-refractivity contribution is 0.619. The number of halogens is 1. The number of rotatable bonds is 8. The molecular formula is C30H50FN3. The Balaban J connectivity index is -0.000000816. The van der Waals surface area contributed by atoms with Gasteiger partial charge in [-0.05, 0) is 62.6 Å². The van der Waals surface area contributed by atoms with Crippen molar-refractivity contribution in [3.63, 3.8) is 0 Å². The average molecular weight is 472 g/mol. The lowest BCUT2D eigenvalue weighted by Crippen LogP contribution is -2.06. The lowest BCUT2D eigenvalue weighted by atomic mass is 10.1. The highest BCUT2D eigenvalue weighted by atomic mass is 19.1. The van der Waals surface area contributed by atoms with Gasteiger partial charge in [-0.3, -0.25) is 0 Å². The summed E-state index contributed by atoms with van der Waals surface area (Å²) < 4.78 is 13.5. The zero-order valence-corrected chi connectivity index (χ0v) is 23.5. The van der Waals surface area contributed by atoms with Gasteiger partial charge in [-0.2, -0.15) is 0 Å². The molecule has 0 amide bonds. The molecule has 0 radical (unpaired) electrons. The summed E-state index contributed by atoms with van der Waals surface area (Å²) in [5.41, 5.74) is 3.81. The van der Waals surface area contributed by atoms with Crippen molar-refractivity contribution in [3.05, 3.63) is 77.3 Å². The van der Waals surface area contributed by atoms with E-state index in [4.69, 9.17) is 5.41 Å². The highest BCUT2D eigenvalue weighted by molar-refractivity contribution is 5.94. The number of benzene rings is 1. The number of anilines is 1. The predicted molar refractivity (Wildman–Crippen MR) is 155 cm³/mol. The second-order valence-electron chi connectivity index (χ2n) is 7.72. The van der Waals surface area contributed by atoms with Crippen LogP contribution in [-0.2, 0) is 0 Å². The van der Waals surface area contributed by atoms with Gasteiger partial charge in [0.05, 0.1) is 0 Å². The molecule has 4 heteroatoms. The first-order valence-electron chi connectivity index (χ1n) is 12.5. The van der Waals surface area contributed by atoms with Gasteiger partial charge >= 0.3 is 0 Å². The minimum Gasteiger partial charge on any atom is -0.344 e. The maximum absolute atomic E-state index is 13.5. The Kier molecular flexibility index (Phi) is 26.2. The Morgan fingerprint density at radius 1 is 1.06 bits per heavy atom. The molecule has 192 valence electrons. The van der Waals surface area contributed by atoms with Crippen LogP contribution in [0.4, 0.5) is 10.1 Å². The van der Waals surface area contributed by atoms with Crippen LogP contribution >= 0.6 is 0 Å². The van der Waals surface area contributed by atoms with Crippen molar-refractivity contribution in [3.8, 4) is 0 Å². The number of aliphatic imine (C=N–C) groups is 1. The Morgan fingerprint density at radius 3 is 2.03 bits per heavy atom. The molecule has 0 saturated carbocycles. The molecule has 1 rings (SSSR count). The van der Waals surface area contributed by atoms with E-state index in [0.29, 0.717) is 28.2 Å². The monoisotopic (exact) mass is 471 g/mol. The van der Waals surface area contributed by atoms with E-state index in [1.807, 2.05) is 39.8 Å². The molecule has 0 spiro atoms. The van der Waals surface area contributed by atoms with Gasteiger partial charge in [0.25, 0.3) is 0 Å². The standard InChI is InChI=1S/C20H24FN3.C5H12.C3H8.C2H6/c1-14(2)6-8-18(13-22)15(3)10-11-23-17(5)24-19-9-7-16(4)20(21)12-19;1-3-5-4-2;1-3-2;1-2/h6-13,22H,3H2,1-2,4-5H3,(H,23,24);3-5H2,1-2H3;3H2,1-2H3;1-2H3/b11-10-,18-8+,22-13?;;;. The molecule has 0 unspecified atom stereocenters. The first-order valence-corrected chi connectivity index (χ1v) is 12.5. The van der Waals surface area contributed by atoms with E-state index in [0.717, 1.165) is 5.57 Å². The van der Waals surface area contributed by atoms with E-state index in [-0.39, 0.29) is 5.82 Å². The van der Waals surface area contributed by atoms with Gasteiger partial charge in [-0.25, -0.2) is 9.38 Å². The Hall–Kier alpha value is -2.75. The van der Waals surface area contributed by atoms with Crippen LogP contribution in [0.2, 0.25) is 0 Å². The molecule has 0 aliphatic carbocycles. The van der Waals surface area contributed by atoms with Gasteiger partial charge in [0, 0.05) is 18.1 Å². The fraction of sp³-hybridized carbons (Fsp3) is 0.467. The van der Waals surface area contributed by atoms with Gasteiger partial charge < -0.3 is 10.7 Å². The molecule has 0 saturated heterocycles. The summed E-state index contributed by atoms with van der Waals surface area (Å²) in [5.74, 6) is 0.378. The molecule has 0 aromatic heterocycles. The van der Waals surface area contributed by atoms with Gasteiger partial charge in [-0.1, -0.05) is 97.6 Å². The van der Waals surface area contributed by atoms with Crippen LogP contribution in [0.5, 0.6) is 0 Å². The third kappa shape index (κ3) is 21.1. The van der Waals surface area contributed by atoms with Crippen LogP contribution in [0.3, 0.4) is 0 Å². The minimum atomic E-state index is -0.253. The first kappa shape index (κ1) is 35.8. The highest BCUT2D eigenvalue weighted by Crippen LogP contribution is 2.13. The molecule has 0 atom stereocenters. The van der Waals surface area contributed by atoms with Crippen molar-refractivity contribution in [2.24, 2.45) is 4.99 Å². The first-order chi connectivity index (χ1) is 16.2. The van der Waals surface area contributed by atoms with Crippen LogP contribution in [-0.4, -0.2) is 12.1 Å². The van der Waals surface area contributed by atoms with Crippen molar-refractivity contribution >= 4 is 17.7 Å². The van der Waals surface area contributed by atoms with Crippen LogP contribution < -0.4 is 5.32 Å². The van der Waals surface area contributed by atoms with Gasteiger partial charge in [0.15, 0.2) is 0 Å². The summed E-state index contributed by atoms with van der Waals surface area (Å²) in [4.78, 5) is 4.25. The number of hydrogen-bond acceptors (Lipinski definition) is 2. The fourth-order valence-electron chi connectivity index (χ4n) is 2.10. The van der Waals surface area contributed by atoms with Gasteiger partial charge in [-0.15, -0.1) is 0 Å². The summed E-state index contributed by atoms with van der Waals surface area (Å²) in [7, 11) is 0. The van der Waals surface area contributed by atoms with Gasteiger partial charge in [0.1, 0.15) is 11.7 Å². The summed E-state index contributed by atoms with van der Waals surface area (Å²) in [6, 6.07) is 4.95. The van der Waals surface area contributed by atoms with E-state index in [1.165, 1.54) is 38.0 Å². The Labute approximate surface area is 210 Å². The Morgan fingerprint density at radius 2 is 1.62 bits per heavy atom. The van der Waals surface area contributed by atoms with E-state index in [2.05, 4.69) is 44.6 Å². The summed E-state index contributed by atoms with van der Waals surface area (Å²) in [5, 5.41) is 10.5. The molecule has 2 N–H and O–H groups in total. The third-order valence-corrected chi connectivity index (χ3v) is 3.87. The lowest BCUT2D eigenvalue weighted by Gasteiger charge is -2.06. The second-order valence-corrected chi connectivity index (χ2v) is 7.72. The van der Waals surface area contributed by atoms with Crippen LogP contribution in [0.25, 0.3) is 0 Å². The summed E-state index contributed by atoms with van der Waals surface area (Å²) >= 11 is 0. The van der Waals surface area contributed by atoms with E-state index >= 15 is 0 Å². The van der Waals surface area contributed by atoms with Crippen LogP contribution in [0.1, 0.15) is 93.6 Å². The van der Waals surface area contributed by atoms with E-state index < -0.39 is 0 Å². The molecule has 0 aliphatic heterocycles. The number of unbranched alkanes of at least 4 members (excludes halogenated alkanes) is 2. The van der Waals surface area contributed by atoms with Crippen molar-refractivity contribution in [2.75, 3.05) is 5.32 Å². The molecule has 0 aliphatic rings. The van der Waals surface area contributed by atoms with Crippen molar-refractivity contribution in [2.45, 2.75) is 94.9 Å². The van der Waals surface area contributed by atoms with E-state index in [9.17, 15) is 4.39 Å². The van der Waals surface area contributed by atoms with Crippen molar-refractivity contribution in [1.29, 1.82) is 5.41 Å². The Bertz CT molecular complexity index is 793. The highest BCUT2D eigenvalue weighted by Gasteiger charge is 1.99. The molecule has 34 heavy (non-hydrogen) atoms. The van der Waals surface area contributed by atoms with Crippen LogP contribution in [0.15, 0.2) is 70.9 Å². The number of aryl methyl sites for hydroxylation is 1. The molecule has 3 nitrogen and oxygen atoms in total. The smallest absolute Gasteiger partial charge is 0.128 e. The molecule has 0 fully saturated rings. The number of allylic oxidation sites excluding steroid dienone is 6. The van der Waals surface area contributed by atoms with Crippen molar-refractivity contribution < 1.29 is 4.39 Å². The van der Waals surface area contributed by atoms with Crippen molar-refractivity contribution in [1.82, 2.24) is 0 Å². The predicted octanol–water partition coefficient (Wildman–Crippen LogP) is 10.2. The zero-order chi connectivity index (χ0) is 26.9. The number of amidine groups is 1. The second kappa shape index (κ2) is 24.9. The largest absolute Gasteiger partial charge is 0.344 e. The molecule has 1 aromatic rings. The maximum Gasteiger partial charge on any atom is 0.128 e. The maximum atomic E-state index is 13.5. The van der Waals surface area contributed by atoms with E-state index in [1.54, 1.807) is 38.3 Å². The quantitative estimate of drug-likeness (QED) is 0.221. The summed E-state index contributed by atoms with van der Waals surface area (Å²) in [6.45, 7) is 24.1. The molecule has 1 aromatic carbocycles. The fourth-order valence-corrected chi connectivity index (χ4v) is 2.10. The topological polar surface area (TPSA) is 48.2 Å². The molecule has 0 bridgehead atoms. The number of nitrogens with zero attached hydrogens (tertiary/aromatic N) is 1. The van der Waals surface area contributed by atoms with Crippen LogP contribution in [0, 0.1) is 18.2 Å². The number of nitrogens with one attached hydrogen (secondary N) is 2. The normalized spacial score (nSPS) is 10.6. The zero-order valence-electron chi connectivity index (χ0n) is 23.5. The molecular weight excluding hydrogens is 421 g/mol. The summed E-state index contributed by atoms with van der Waals surface area (Å²) in [6.07, 6.45) is 13.7. The average Bonchev–Trinajstić information content (AvgIpc) is 2.79. The SMILES string of the molecule is C=C(/C=C\N=C(C)Nc1ccc(C)c(F)c1)/C(C=N)=C/C=C(C)C.CC.CCC.CCCCC. The van der Waals surface area contributed by atoms with Gasteiger partial charge in [0.2, 0.25) is 0 Å². The molecule has 0 heterocycles. The minimum absolute atomic E-state index is 0.253.